The largest absolute Gasteiger partial charge is 0.369 e. The van der Waals surface area contributed by atoms with E-state index in [4.69, 9.17) is 5.73 Å². The molecule has 0 saturated carbocycles. The molecule has 0 aliphatic rings. The number of aryl methyl sites for hydroxylation is 2. The SMILES string of the molecule is Cc1nc(C)n2c(N)nccc12. The third kappa shape index (κ3) is 0.777. The van der Waals surface area contributed by atoms with Gasteiger partial charge >= 0.3 is 0 Å². The number of nitrogens with two attached hydrogens (primary N) is 1. The van der Waals surface area contributed by atoms with Gasteiger partial charge in [0, 0.05) is 6.20 Å². The van der Waals surface area contributed by atoms with Crippen molar-refractivity contribution in [2.75, 3.05) is 5.73 Å². The van der Waals surface area contributed by atoms with E-state index in [2.05, 4.69) is 9.97 Å². The lowest BCUT2D eigenvalue weighted by atomic mass is 10.4. The van der Waals surface area contributed by atoms with Gasteiger partial charge in [0.05, 0.1) is 11.2 Å². The number of aromatic nitrogens is 3. The molecule has 0 fully saturated rings. The zero-order valence-electron chi connectivity index (χ0n) is 7.07. The summed E-state index contributed by atoms with van der Waals surface area (Å²) in [5, 5.41) is 0. The van der Waals surface area contributed by atoms with Crippen LogP contribution < -0.4 is 5.73 Å². The highest BCUT2D eigenvalue weighted by Crippen LogP contribution is 2.13. The van der Waals surface area contributed by atoms with Crippen molar-refractivity contribution in [3.8, 4) is 0 Å². The van der Waals surface area contributed by atoms with Crippen molar-refractivity contribution in [1.82, 2.24) is 14.4 Å². The van der Waals surface area contributed by atoms with Crippen molar-refractivity contribution >= 4 is 11.5 Å². The molecule has 2 heterocycles. The maximum Gasteiger partial charge on any atom is 0.206 e. The Balaban J connectivity index is 2.99. The molecule has 4 nitrogen and oxygen atoms in total. The minimum Gasteiger partial charge on any atom is -0.369 e. The van der Waals surface area contributed by atoms with Crippen molar-refractivity contribution in [2.24, 2.45) is 0 Å². The molecule has 0 aliphatic carbocycles. The van der Waals surface area contributed by atoms with Gasteiger partial charge in [0.2, 0.25) is 5.95 Å². The van der Waals surface area contributed by atoms with Crippen LogP contribution in [0.25, 0.3) is 5.52 Å². The second-order valence-corrected chi connectivity index (χ2v) is 2.77. The number of hydrogen-bond donors (Lipinski definition) is 1. The van der Waals surface area contributed by atoms with Gasteiger partial charge in [0.15, 0.2) is 0 Å². The molecule has 2 rings (SSSR count). The quantitative estimate of drug-likeness (QED) is 0.627. The molecule has 0 atom stereocenters. The average molecular weight is 162 g/mol. The monoisotopic (exact) mass is 162 g/mol. The molecule has 0 saturated heterocycles. The molecule has 12 heavy (non-hydrogen) atoms. The number of nitrogens with zero attached hydrogens (tertiary/aromatic N) is 3. The molecule has 0 aromatic carbocycles. The van der Waals surface area contributed by atoms with Crippen LogP contribution in [0.1, 0.15) is 11.5 Å². The topological polar surface area (TPSA) is 56.2 Å². The van der Waals surface area contributed by atoms with Crippen molar-refractivity contribution in [3.05, 3.63) is 23.8 Å². The maximum atomic E-state index is 5.68. The summed E-state index contributed by atoms with van der Waals surface area (Å²) in [6, 6.07) is 1.91. The lowest BCUT2D eigenvalue weighted by Gasteiger charge is -1.98. The first-order chi connectivity index (χ1) is 5.70. The molecule has 4 heteroatoms. The summed E-state index contributed by atoms with van der Waals surface area (Å²) in [5.41, 5.74) is 7.70. The van der Waals surface area contributed by atoms with Gasteiger partial charge in [-0.1, -0.05) is 0 Å². The second-order valence-electron chi connectivity index (χ2n) is 2.77. The molecule has 62 valence electrons. The summed E-state index contributed by atoms with van der Waals surface area (Å²) in [5.74, 6) is 1.37. The molecule has 0 bridgehead atoms. The van der Waals surface area contributed by atoms with Crippen LogP contribution in [0.5, 0.6) is 0 Å². The fourth-order valence-corrected chi connectivity index (χ4v) is 1.41. The van der Waals surface area contributed by atoms with E-state index in [9.17, 15) is 0 Å². The number of anilines is 1. The first kappa shape index (κ1) is 7.09. The molecule has 0 unspecified atom stereocenters. The molecule has 2 aromatic rings. The first-order valence-electron chi connectivity index (χ1n) is 3.76. The van der Waals surface area contributed by atoms with Gasteiger partial charge in [-0.3, -0.25) is 4.40 Å². The number of imidazole rings is 1. The predicted molar refractivity (Wildman–Crippen MR) is 46.9 cm³/mol. The van der Waals surface area contributed by atoms with Gasteiger partial charge in [-0.15, -0.1) is 0 Å². The smallest absolute Gasteiger partial charge is 0.206 e. The van der Waals surface area contributed by atoms with E-state index in [0.29, 0.717) is 5.95 Å². The van der Waals surface area contributed by atoms with Gasteiger partial charge in [-0.05, 0) is 19.9 Å². The molecular weight excluding hydrogens is 152 g/mol. The van der Waals surface area contributed by atoms with Crippen LogP contribution in [0.2, 0.25) is 0 Å². The van der Waals surface area contributed by atoms with Crippen molar-refractivity contribution in [2.45, 2.75) is 13.8 Å². The maximum absolute atomic E-state index is 5.68. The van der Waals surface area contributed by atoms with Gasteiger partial charge < -0.3 is 5.73 Å². The van der Waals surface area contributed by atoms with Gasteiger partial charge in [-0.25, -0.2) is 9.97 Å². The molecule has 2 N–H and O–H groups in total. The molecule has 0 spiro atoms. The van der Waals surface area contributed by atoms with Crippen LogP contribution in [0, 0.1) is 13.8 Å². The Bertz CT molecular complexity index is 430. The van der Waals surface area contributed by atoms with E-state index in [-0.39, 0.29) is 0 Å². The summed E-state index contributed by atoms with van der Waals surface area (Å²) in [6.07, 6.45) is 1.69. The van der Waals surface area contributed by atoms with E-state index in [1.54, 1.807) is 6.20 Å². The van der Waals surface area contributed by atoms with E-state index in [1.807, 2.05) is 24.3 Å². The lowest BCUT2D eigenvalue weighted by molar-refractivity contribution is 1.01. The van der Waals surface area contributed by atoms with Gasteiger partial charge in [0.25, 0.3) is 0 Å². The highest BCUT2D eigenvalue weighted by Gasteiger charge is 2.05. The van der Waals surface area contributed by atoms with Gasteiger partial charge in [0.1, 0.15) is 5.82 Å². The fourth-order valence-electron chi connectivity index (χ4n) is 1.41. The highest BCUT2D eigenvalue weighted by atomic mass is 15.1. The summed E-state index contributed by atoms with van der Waals surface area (Å²) >= 11 is 0. The van der Waals surface area contributed by atoms with Crippen LogP contribution >= 0.6 is 0 Å². The van der Waals surface area contributed by atoms with Crippen molar-refractivity contribution in [3.63, 3.8) is 0 Å². The Labute approximate surface area is 70.1 Å². The average Bonchev–Trinajstić information content (AvgIpc) is 2.29. The zero-order valence-corrected chi connectivity index (χ0v) is 7.07. The van der Waals surface area contributed by atoms with Crippen LogP contribution in [-0.2, 0) is 0 Å². The van der Waals surface area contributed by atoms with Gasteiger partial charge in [-0.2, -0.15) is 0 Å². The summed E-state index contributed by atoms with van der Waals surface area (Å²) < 4.78 is 1.84. The van der Waals surface area contributed by atoms with Crippen molar-refractivity contribution in [1.29, 1.82) is 0 Å². The Morgan fingerprint density at radius 1 is 1.42 bits per heavy atom. The lowest BCUT2D eigenvalue weighted by Crippen LogP contribution is -2.00. The third-order valence-electron chi connectivity index (χ3n) is 1.93. The minimum absolute atomic E-state index is 0.491. The Morgan fingerprint density at radius 2 is 2.17 bits per heavy atom. The van der Waals surface area contributed by atoms with Crippen LogP contribution in [-0.4, -0.2) is 14.4 Å². The predicted octanol–water partition coefficient (Wildman–Crippen LogP) is 0.928. The fraction of sp³-hybridized carbons (Fsp3) is 0.250. The molecule has 0 aliphatic heterocycles. The van der Waals surface area contributed by atoms with E-state index in [0.717, 1.165) is 17.0 Å². The summed E-state index contributed by atoms with van der Waals surface area (Å²) in [7, 11) is 0. The number of hydrogen-bond acceptors (Lipinski definition) is 3. The van der Waals surface area contributed by atoms with E-state index in [1.165, 1.54) is 0 Å². The molecule has 2 aromatic heterocycles. The first-order valence-corrected chi connectivity index (χ1v) is 3.76. The summed E-state index contributed by atoms with van der Waals surface area (Å²) in [4.78, 5) is 8.28. The van der Waals surface area contributed by atoms with Crippen LogP contribution in [0.15, 0.2) is 12.3 Å². The molecule has 0 radical (unpaired) electrons. The number of rotatable bonds is 0. The van der Waals surface area contributed by atoms with E-state index < -0.39 is 0 Å². The standard InChI is InChI=1S/C8H10N4/c1-5-7-3-4-10-8(9)12(7)6(2)11-5/h3-4H,1-2H3,(H2,9,10). The zero-order chi connectivity index (χ0) is 8.72. The van der Waals surface area contributed by atoms with E-state index >= 15 is 0 Å². The Morgan fingerprint density at radius 3 is 2.83 bits per heavy atom. The normalized spacial score (nSPS) is 10.8. The minimum atomic E-state index is 0.491. The Hall–Kier alpha value is -1.58. The molecule has 0 amide bonds. The van der Waals surface area contributed by atoms with Crippen molar-refractivity contribution < 1.29 is 0 Å². The number of nitrogen functional groups attached to an aromatic ring is 1. The van der Waals surface area contributed by atoms with Crippen LogP contribution in [0.3, 0.4) is 0 Å². The van der Waals surface area contributed by atoms with Crippen LogP contribution in [0.4, 0.5) is 5.95 Å². The second kappa shape index (κ2) is 2.20. The number of fused-ring (bicyclic) bond motifs is 1. The molecular formula is C8H10N4. The third-order valence-corrected chi connectivity index (χ3v) is 1.93. The highest BCUT2D eigenvalue weighted by molar-refractivity contribution is 5.55. The summed E-state index contributed by atoms with van der Waals surface area (Å²) in [6.45, 7) is 3.87. The Kier molecular flexibility index (Phi) is 1.30.